The average Bonchev–Trinajstić information content (AvgIpc) is 2.16. The van der Waals surface area contributed by atoms with Crippen LogP contribution in [-0.4, -0.2) is 30.3 Å². The Hall–Kier alpha value is -1.15. The van der Waals surface area contributed by atoms with Gasteiger partial charge in [0.15, 0.2) is 5.78 Å². The zero-order valence-corrected chi connectivity index (χ0v) is 9.15. The van der Waals surface area contributed by atoms with Crippen molar-refractivity contribution in [3.63, 3.8) is 0 Å². The predicted octanol–water partition coefficient (Wildman–Crippen LogP) is 2.35. The molecular formula is C13H17NO. The smallest absolute Gasteiger partial charge is 0.176 e. The maximum Gasteiger partial charge on any atom is 0.176 e. The summed E-state index contributed by atoms with van der Waals surface area (Å²) in [5.74, 6) is 0.227. The molecule has 0 heterocycles. The number of hydrogen-bond donors (Lipinski definition) is 0. The van der Waals surface area contributed by atoms with Gasteiger partial charge in [0.05, 0.1) is 6.54 Å². The monoisotopic (exact) mass is 203 g/mol. The van der Waals surface area contributed by atoms with Crippen molar-refractivity contribution in [2.75, 3.05) is 13.6 Å². The zero-order chi connectivity index (χ0) is 10.7. The molecule has 2 nitrogen and oxygen atoms in total. The molecule has 2 heteroatoms. The van der Waals surface area contributed by atoms with E-state index in [1.54, 1.807) is 0 Å². The first-order chi connectivity index (χ1) is 7.27. The fourth-order valence-electron chi connectivity index (χ4n) is 1.90. The van der Waals surface area contributed by atoms with Crippen LogP contribution in [0.2, 0.25) is 0 Å². The molecule has 1 saturated carbocycles. The largest absolute Gasteiger partial charge is 0.296 e. The molecule has 0 saturated heterocycles. The molecule has 1 aliphatic carbocycles. The van der Waals surface area contributed by atoms with Crippen LogP contribution in [0.15, 0.2) is 30.3 Å². The van der Waals surface area contributed by atoms with Crippen molar-refractivity contribution >= 4 is 5.78 Å². The van der Waals surface area contributed by atoms with Gasteiger partial charge in [-0.25, -0.2) is 0 Å². The van der Waals surface area contributed by atoms with Crippen LogP contribution in [0, 0.1) is 0 Å². The summed E-state index contributed by atoms with van der Waals surface area (Å²) in [6.07, 6.45) is 3.81. The Morgan fingerprint density at radius 3 is 2.53 bits per heavy atom. The van der Waals surface area contributed by atoms with Crippen molar-refractivity contribution < 1.29 is 4.79 Å². The topological polar surface area (TPSA) is 20.3 Å². The summed E-state index contributed by atoms with van der Waals surface area (Å²) in [6, 6.07) is 10.2. The van der Waals surface area contributed by atoms with Crippen molar-refractivity contribution in [1.82, 2.24) is 4.90 Å². The lowest BCUT2D eigenvalue weighted by Crippen LogP contribution is -2.40. The lowest BCUT2D eigenvalue weighted by molar-refractivity contribution is 0.0870. The highest BCUT2D eigenvalue weighted by molar-refractivity contribution is 5.97. The second-order valence-electron chi connectivity index (χ2n) is 4.29. The first-order valence-electron chi connectivity index (χ1n) is 5.56. The van der Waals surface area contributed by atoms with Crippen LogP contribution in [0.1, 0.15) is 29.6 Å². The predicted molar refractivity (Wildman–Crippen MR) is 61.0 cm³/mol. The van der Waals surface area contributed by atoms with E-state index in [-0.39, 0.29) is 5.78 Å². The third-order valence-corrected chi connectivity index (χ3v) is 3.19. The number of ketones is 1. The van der Waals surface area contributed by atoms with Crippen LogP contribution in [0.25, 0.3) is 0 Å². The second kappa shape index (κ2) is 4.58. The highest BCUT2D eigenvalue weighted by Crippen LogP contribution is 2.23. The number of hydrogen-bond acceptors (Lipinski definition) is 2. The van der Waals surface area contributed by atoms with Crippen LogP contribution in [0.5, 0.6) is 0 Å². The molecule has 1 fully saturated rings. The van der Waals surface area contributed by atoms with Gasteiger partial charge in [-0.3, -0.25) is 9.69 Å². The molecular weight excluding hydrogens is 186 g/mol. The van der Waals surface area contributed by atoms with E-state index in [1.807, 2.05) is 37.4 Å². The number of nitrogens with zero attached hydrogens (tertiary/aromatic N) is 1. The minimum absolute atomic E-state index is 0.227. The number of likely N-dealkylation sites (N-methyl/N-ethyl adjacent to an activating group) is 1. The minimum Gasteiger partial charge on any atom is -0.296 e. The maximum atomic E-state index is 11.9. The lowest BCUT2D eigenvalue weighted by Gasteiger charge is -2.34. The van der Waals surface area contributed by atoms with Crippen molar-refractivity contribution in [2.45, 2.75) is 25.3 Å². The van der Waals surface area contributed by atoms with Crippen molar-refractivity contribution in [2.24, 2.45) is 0 Å². The fourth-order valence-corrected chi connectivity index (χ4v) is 1.90. The van der Waals surface area contributed by atoms with Crippen LogP contribution in [-0.2, 0) is 0 Å². The summed E-state index contributed by atoms with van der Waals surface area (Å²) in [6.45, 7) is 0.550. The van der Waals surface area contributed by atoms with E-state index < -0.39 is 0 Å². The van der Waals surface area contributed by atoms with E-state index in [2.05, 4.69) is 4.90 Å². The van der Waals surface area contributed by atoms with Gasteiger partial charge in [0.1, 0.15) is 0 Å². The summed E-state index contributed by atoms with van der Waals surface area (Å²) in [4.78, 5) is 14.0. The summed E-state index contributed by atoms with van der Waals surface area (Å²) in [5.41, 5.74) is 0.823. The van der Waals surface area contributed by atoms with Gasteiger partial charge < -0.3 is 0 Å². The Morgan fingerprint density at radius 2 is 2.00 bits per heavy atom. The third kappa shape index (κ3) is 2.45. The summed E-state index contributed by atoms with van der Waals surface area (Å²) in [7, 11) is 2.05. The molecule has 0 atom stereocenters. The van der Waals surface area contributed by atoms with Gasteiger partial charge in [-0.05, 0) is 19.9 Å². The molecule has 0 bridgehead atoms. The second-order valence-corrected chi connectivity index (χ2v) is 4.29. The number of carbonyl (C=O) groups is 1. The van der Waals surface area contributed by atoms with Gasteiger partial charge in [-0.2, -0.15) is 0 Å². The Morgan fingerprint density at radius 1 is 1.33 bits per heavy atom. The van der Waals surface area contributed by atoms with Crippen LogP contribution < -0.4 is 0 Å². The summed E-state index contributed by atoms with van der Waals surface area (Å²) in [5, 5.41) is 0. The fraction of sp³-hybridized carbons (Fsp3) is 0.462. The maximum absolute atomic E-state index is 11.9. The quantitative estimate of drug-likeness (QED) is 0.700. The molecule has 0 aliphatic heterocycles. The highest BCUT2D eigenvalue weighted by atomic mass is 16.1. The van der Waals surface area contributed by atoms with E-state index in [0.29, 0.717) is 12.6 Å². The van der Waals surface area contributed by atoms with E-state index in [9.17, 15) is 4.79 Å². The van der Waals surface area contributed by atoms with Gasteiger partial charge in [0.2, 0.25) is 0 Å². The normalized spacial score (nSPS) is 16.4. The van der Waals surface area contributed by atoms with Gasteiger partial charge >= 0.3 is 0 Å². The molecule has 0 aromatic heterocycles. The average molecular weight is 203 g/mol. The zero-order valence-electron chi connectivity index (χ0n) is 9.15. The Kier molecular flexibility index (Phi) is 3.17. The molecule has 15 heavy (non-hydrogen) atoms. The van der Waals surface area contributed by atoms with Crippen LogP contribution in [0.3, 0.4) is 0 Å². The van der Waals surface area contributed by atoms with E-state index in [0.717, 1.165) is 5.56 Å². The van der Waals surface area contributed by atoms with Gasteiger partial charge in [-0.15, -0.1) is 0 Å². The molecule has 1 aliphatic rings. The molecule has 0 N–H and O–H groups in total. The molecule has 2 rings (SSSR count). The molecule has 1 aromatic carbocycles. The van der Waals surface area contributed by atoms with E-state index >= 15 is 0 Å². The number of carbonyl (C=O) groups excluding carboxylic acids is 1. The first-order valence-corrected chi connectivity index (χ1v) is 5.56. The molecule has 0 radical (unpaired) electrons. The summed E-state index contributed by atoms with van der Waals surface area (Å²) >= 11 is 0. The summed E-state index contributed by atoms with van der Waals surface area (Å²) < 4.78 is 0. The van der Waals surface area contributed by atoms with E-state index in [4.69, 9.17) is 0 Å². The van der Waals surface area contributed by atoms with Crippen LogP contribution in [0.4, 0.5) is 0 Å². The highest BCUT2D eigenvalue weighted by Gasteiger charge is 2.23. The molecule has 0 amide bonds. The minimum atomic E-state index is 0.227. The SMILES string of the molecule is CN(CC(=O)c1ccccc1)C1CCC1. The standard InChI is InChI=1S/C13H17NO/c1-14(12-8-5-9-12)10-13(15)11-6-3-2-4-7-11/h2-4,6-7,12H,5,8-10H2,1H3. The van der Waals surface area contributed by atoms with Crippen molar-refractivity contribution in [1.29, 1.82) is 0 Å². The van der Waals surface area contributed by atoms with Gasteiger partial charge in [-0.1, -0.05) is 36.8 Å². The number of rotatable bonds is 4. The first kappa shape index (κ1) is 10.4. The van der Waals surface area contributed by atoms with Crippen molar-refractivity contribution in [3.05, 3.63) is 35.9 Å². The lowest BCUT2D eigenvalue weighted by atomic mass is 9.91. The van der Waals surface area contributed by atoms with Crippen molar-refractivity contribution in [3.8, 4) is 0 Å². The molecule has 0 spiro atoms. The Bertz CT molecular complexity index is 330. The van der Waals surface area contributed by atoms with Crippen LogP contribution >= 0.6 is 0 Å². The molecule has 1 aromatic rings. The Balaban J connectivity index is 1.91. The number of Topliss-reactive ketones (excluding diaryl/α,β-unsaturated/α-hetero) is 1. The van der Waals surface area contributed by atoms with Gasteiger partial charge in [0, 0.05) is 11.6 Å². The molecule has 80 valence electrons. The Labute approximate surface area is 90.9 Å². The van der Waals surface area contributed by atoms with Gasteiger partial charge in [0.25, 0.3) is 0 Å². The number of benzene rings is 1. The molecule has 0 unspecified atom stereocenters. The van der Waals surface area contributed by atoms with E-state index in [1.165, 1.54) is 19.3 Å². The third-order valence-electron chi connectivity index (χ3n) is 3.19.